The smallest absolute Gasteiger partial charge is 0.165 e. The van der Waals surface area contributed by atoms with Crippen LogP contribution in [0, 0.1) is 11.2 Å². The first kappa shape index (κ1) is 9.40. The Morgan fingerprint density at radius 2 is 2.36 bits per heavy atom. The van der Waals surface area contributed by atoms with E-state index in [2.05, 4.69) is 10.3 Å². The molecule has 4 heteroatoms. The number of aliphatic hydroxyl groups excluding tert-OH is 1. The van der Waals surface area contributed by atoms with Crippen LogP contribution < -0.4 is 5.32 Å². The molecule has 1 aliphatic carbocycles. The number of halogens is 1. The highest BCUT2D eigenvalue weighted by molar-refractivity contribution is 5.36. The first-order valence-electron chi connectivity index (χ1n) is 4.71. The molecule has 0 amide bonds. The van der Waals surface area contributed by atoms with Crippen molar-refractivity contribution in [3.8, 4) is 0 Å². The fourth-order valence-electron chi connectivity index (χ4n) is 1.35. The van der Waals surface area contributed by atoms with Gasteiger partial charge in [-0.05, 0) is 25.0 Å². The van der Waals surface area contributed by atoms with Crippen molar-refractivity contribution in [3.05, 3.63) is 24.1 Å². The molecule has 0 unspecified atom stereocenters. The molecule has 14 heavy (non-hydrogen) atoms. The van der Waals surface area contributed by atoms with Gasteiger partial charge in [-0.1, -0.05) is 0 Å². The van der Waals surface area contributed by atoms with Crippen LogP contribution in [0.15, 0.2) is 18.3 Å². The second-order valence-electron chi connectivity index (χ2n) is 3.85. The molecule has 1 aromatic heterocycles. The molecule has 76 valence electrons. The molecule has 0 radical (unpaired) electrons. The van der Waals surface area contributed by atoms with Crippen LogP contribution in [0.5, 0.6) is 0 Å². The Morgan fingerprint density at radius 1 is 1.57 bits per heavy atom. The van der Waals surface area contributed by atoms with Crippen molar-refractivity contribution in [2.75, 3.05) is 18.5 Å². The lowest BCUT2D eigenvalue weighted by Crippen LogP contribution is -2.20. The normalized spacial score (nSPS) is 17.9. The van der Waals surface area contributed by atoms with Gasteiger partial charge in [0.05, 0.1) is 6.61 Å². The van der Waals surface area contributed by atoms with Gasteiger partial charge in [-0.25, -0.2) is 9.37 Å². The van der Waals surface area contributed by atoms with E-state index in [4.69, 9.17) is 5.11 Å². The van der Waals surface area contributed by atoms with Crippen LogP contribution in [0.2, 0.25) is 0 Å². The lowest BCUT2D eigenvalue weighted by Gasteiger charge is -2.13. The Hall–Kier alpha value is -1.16. The monoisotopic (exact) mass is 196 g/mol. The zero-order valence-electron chi connectivity index (χ0n) is 7.83. The van der Waals surface area contributed by atoms with E-state index < -0.39 is 0 Å². The lowest BCUT2D eigenvalue weighted by molar-refractivity contribution is 0.219. The molecule has 1 fully saturated rings. The fraction of sp³-hybridized carbons (Fsp3) is 0.500. The number of aromatic nitrogens is 1. The maximum atomic E-state index is 13.1. The van der Waals surface area contributed by atoms with Gasteiger partial charge >= 0.3 is 0 Å². The molecule has 1 aromatic rings. The van der Waals surface area contributed by atoms with Gasteiger partial charge in [0.25, 0.3) is 0 Å². The summed E-state index contributed by atoms with van der Waals surface area (Å²) < 4.78 is 13.1. The summed E-state index contributed by atoms with van der Waals surface area (Å²) in [7, 11) is 0. The first-order chi connectivity index (χ1) is 6.76. The summed E-state index contributed by atoms with van der Waals surface area (Å²) in [6, 6.07) is 2.92. The third kappa shape index (κ3) is 1.85. The largest absolute Gasteiger partial charge is 0.396 e. The minimum Gasteiger partial charge on any atom is -0.396 e. The van der Waals surface area contributed by atoms with Crippen molar-refractivity contribution in [1.82, 2.24) is 4.98 Å². The summed E-state index contributed by atoms with van der Waals surface area (Å²) in [5.41, 5.74) is -0.0238. The van der Waals surface area contributed by atoms with E-state index in [1.807, 2.05) is 0 Å². The molecular weight excluding hydrogens is 183 g/mol. The number of pyridine rings is 1. The van der Waals surface area contributed by atoms with Gasteiger partial charge in [-0.2, -0.15) is 0 Å². The second-order valence-corrected chi connectivity index (χ2v) is 3.85. The third-order valence-electron chi connectivity index (χ3n) is 2.68. The second kappa shape index (κ2) is 3.53. The van der Waals surface area contributed by atoms with Crippen LogP contribution in [0.1, 0.15) is 12.8 Å². The van der Waals surface area contributed by atoms with Gasteiger partial charge in [0.2, 0.25) is 0 Å². The summed E-state index contributed by atoms with van der Waals surface area (Å²) in [5.74, 6) is -0.0755. The van der Waals surface area contributed by atoms with Crippen molar-refractivity contribution in [1.29, 1.82) is 0 Å². The standard InChI is InChI=1S/C10H13FN2O/c11-8-2-1-5-12-9(8)13-6-10(7-14)3-4-10/h1-2,5,14H,3-4,6-7H2,(H,12,13). The number of hydrogen-bond donors (Lipinski definition) is 2. The molecule has 0 aliphatic heterocycles. The predicted molar refractivity (Wildman–Crippen MR) is 51.4 cm³/mol. The summed E-state index contributed by atoms with van der Waals surface area (Å²) in [4.78, 5) is 3.88. The van der Waals surface area contributed by atoms with Crippen molar-refractivity contribution in [2.45, 2.75) is 12.8 Å². The molecule has 1 aliphatic rings. The molecular formula is C10H13FN2O. The van der Waals surface area contributed by atoms with Crippen molar-refractivity contribution >= 4 is 5.82 Å². The highest BCUT2D eigenvalue weighted by atomic mass is 19.1. The SMILES string of the molecule is OCC1(CNc2ncccc2F)CC1. The van der Waals surface area contributed by atoms with E-state index in [9.17, 15) is 4.39 Å². The van der Waals surface area contributed by atoms with Crippen molar-refractivity contribution < 1.29 is 9.50 Å². The lowest BCUT2D eigenvalue weighted by atomic mass is 10.1. The van der Waals surface area contributed by atoms with Crippen LogP contribution in [0.25, 0.3) is 0 Å². The Labute approximate surface area is 82.0 Å². The fourth-order valence-corrected chi connectivity index (χ4v) is 1.35. The van der Waals surface area contributed by atoms with Gasteiger partial charge in [-0.15, -0.1) is 0 Å². The average Bonchev–Trinajstić information content (AvgIpc) is 2.98. The van der Waals surface area contributed by atoms with Crippen molar-refractivity contribution in [3.63, 3.8) is 0 Å². The Morgan fingerprint density at radius 3 is 2.93 bits per heavy atom. The van der Waals surface area contributed by atoms with E-state index >= 15 is 0 Å². The average molecular weight is 196 g/mol. The van der Waals surface area contributed by atoms with Gasteiger partial charge < -0.3 is 10.4 Å². The zero-order chi connectivity index (χ0) is 10.0. The Kier molecular flexibility index (Phi) is 2.37. The Bertz CT molecular complexity index is 326. The van der Waals surface area contributed by atoms with E-state index in [-0.39, 0.29) is 23.7 Å². The molecule has 0 bridgehead atoms. The number of aliphatic hydroxyl groups is 1. The molecule has 2 N–H and O–H groups in total. The van der Waals surface area contributed by atoms with Crippen LogP contribution in [0.3, 0.4) is 0 Å². The molecule has 3 nitrogen and oxygen atoms in total. The summed E-state index contributed by atoms with van der Waals surface area (Å²) in [5, 5.41) is 12.0. The van der Waals surface area contributed by atoms with E-state index in [1.165, 1.54) is 6.07 Å². The van der Waals surface area contributed by atoms with Crippen LogP contribution in [-0.4, -0.2) is 23.2 Å². The predicted octanol–water partition coefficient (Wildman–Crippen LogP) is 1.41. The quantitative estimate of drug-likeness (QED) is 0.765. The molecule has 1 saturated carbocycles. The summed E-state index contributed by atoms with van der Waals surface area (Å²) >= 11 is 0. The van der Waals surface area contributed by atoms with Gasteiger partial charge in [-0.3, -0.25) is 0 Å². The molecule has 0 aromatic carbocycles. The highest BCUT2D eigenvalue weighted by Crippen LogP contribution is 2.44. The maximum Gasteiger partial charge on any atom is 0.165 e. The number of nitrogens with one attached hydrogen (secondary N) is 1. The number of rotatable bonds is 4. The van der Waals surface area contributed by atoms with Gasteiger partial charge in [0.15, 0.2) is 11.6 Å². The van der Waals surface area contributed by atoms with Gasteiger partial charge in [0, 0.05) is 18.2 Å². The summed E-state index contributed by atoms with van der Waals surface area (Å²) in [6.07, 6.45) is 3.56. The highest BCUT2D eigenvalue weighted by Gasteiger charge is 2.41. The third-order valence-corrected chi connectivity index (χ3v) is 2.68. The van der Waals surface area contributed by atoms with Crippen molar-refractivity contribution in [2.24, 2.45) is 5.41 Å². The molecule has 2 rings (SSSR count). The number of nitrogens with zero attached hydrogens (tertiary/aromatic N) is 1. The minimum absolute atomic E-state index is 0.0238. The number of hydrogen-bond acceptors (Lipinski definition) is 3. The summed E-state index contributed by atoms with van der Waals surface area (Å²) in [6.45, 7) is 0.756. The number of anilines is 1. The maximum absolute atomic E-state index is 13.1. The molecule has 0 saturated heterocycles. The first-order valence-corrected chi connectivity index (χ1v) is 4.71. The van der Waals surface area contributed by atoms with E-state index in [1.54, 1.807) is 12.3 Å². The Balaban J connectivity index is 1.95. The molecule has 1 heterocycles. The van der Waals surface area contributed by atoms with E-state index in [0.29, 0.717) is 6.54 Å². The van der Waals surface area contributed by atoms with Gasteiger partial charge in [0.1, 0.15) is 0 Å². The molecule has 0 atom stereocenters. The van der Waals surface area contributed by atoms with E-state index in [0.717, 1.165) is 12.8 Å². The minimum atomic E-state index is -0.346. The van der Waals surface area contributed by atoms with Crippen LogP contribution in [0.4, 0.5) is 10.2 Å². The zero-order valence-corrected chi connectivity index (χ0v) is 7.83. The van der Waals surface area contributed by atoms with Crippen LogP contribution >= 0.6 is 0 Å². The molecule has 0 spiro atoms. The van der Waals surface area contributed by atoms with Crippen LogP contribution in [-0.2, 0) is 0 Å². The topological polar surface area (TPSA) is 45.1 Å².